The van der Waals surface area contributed by atoms with Crippen molar-refractivity contribution in [2.75, 3.05) is 4.90 Å². The van der Waals surface area contributed by atoms with E-state index < -0.39 is 5.97 Å². The maximum Gasteiger partial charge on any atom is 0.335 e. The first kappa shape index (κ1) is 23.8. The highest BCUT2D eigenvalue weighted by Gasteiger charge is 2.43. The highest BCUT2D eigenvalue weighted by Crippen LogP contribution is 2.46. The molecule has 36 heavy (non-hydrogen) atoms. The van der Waals surface area contributed by atoms with Gasteiger partial charge in [0.1, 0.15) is 5.75 Å². The summed E-state index contributed by atoms with van der Waals surface area (Å²) in [7, 11) is 0. The molecule has 1 saturated heterocycles. The molecule has 5 rings (SSSR count). The molecular weight excluding hydrogens is 496 g/mol. The number of aromatic hydroxyl groups is 1. The second-order valence-corrected chi connectivity index (χ2v) is 9.47. The van der Waals surface area contributed by atoms with Crippen LogP contribution in [0.2, 0.25) is 5.02 Å². The molecule has 182 valence electrons. The maximum atomic E-state index is 11.3. The number of carboxylic acids is 1. The SMILES string of the molecule is Cc1cc([C@H]2[C@@H](c3ccccn3)NC(=S)N2c2cc(Cl)ccc2O)c(C)n1-c1ccc(C(=O)O)cc1. The third-order valence-electron chi connectivity index (χ3n) is 6.46. The Morgan fingerprint density at radius 1 is 1.08 bits per heavy atom. The molecule has 0 bridgehead atoms. The fourth-order valence-corrected chi connectivity index (χ4v) is 5.36. The molecule has 9 heteroatoms. The quantitative estimate of drug-likeness (QED) is 0.291. The standard InChI is InChI=1S/C27H23ClN4O3S/c1-15-13-20(16(2)31(15)19-9-6-17(7-10-19)26(34)35)25-24(21-5-3-4-12-29-21)30-27(36)32(25)22-14-18(28)8-11-23(22)33/h3-14,24-25,33H,1-2H3,(H,30,36)(H,34,35)/t24-,25+/m1/s1. The number of nitrogens with zero attached hydrogens (tertiary/aromatic N) is 3. The summed E-state index contributed by atoms with van der Waals surface area (Å²) in [6.45, 7) is 4.01. The van der Waals surface area contributed by atoms with Gasteiger partial charge in [-0.2, -0.15) is 0 Å². The summed E-state index contributed by atoms with van der Waals surface area (Å²) < 4.78 is 2.08. The number of anilines is 1. The molecule has 1 aliphatic heterocycles. The number of carboxylic acid groups (broad SMARTS) is 1. The maximum absolute atomic E-state index is 11.3. The molecule has 3 heterocycles. The summed E-state index contributed by atoms with van der Waals surface area (Å²) in [5.74, 6) is -0.905. The number of aromatic carboxylic acids is 1. The smallest absolute Gasteiger partial charge is 0.335 e. The molecule has 7 nitrogen and oxygen atoms in total. The van der Waals surface area contributed by atoms with E-state index in [1.54, 1.807) is 48.7 Å². The molecule has 0 saturated carbocycles. The monoisotopic (exact) mass is 518 g/mol. The fourth-order valence-electron chi connectivity index (χ4n) is 4.86. The molecule has 0 aliphatic carbocycles. The van der Waals surface area contributed by atoms with Gasteiger partial charge in [-0.15, -0.1) is 0 Å². The van der Waals surface area contributed by atoms with Crippen LogP contribution < -0.4 is 10.2 Å². The largest absolute Gasteiger partial charge is 0.506 e. The Balaban J connectivity index is 1.68. The second kappa shape index (κ2) is 9.29. The van der Waals surface area contributed by atoms with Crippen molar-refractivity contribution in [1.82, 2.24) is 14.9 Å². The highest BCUT2D eigenvalue weighted by atomic mass is 35.5. The second-order valence-electron chi connectivity index (χ2n) is 8.64. The molecule has 2 atom stereocenters. The number of hydrogen-bond donors (Lipinski definition) is 3. The van der Waals surface area contributed by atoms with E-state index in [0.717, 1.165) is 28.3 Å². The van der Waals surface area contributed by atoms with E-state index in [-0.39, 0.29) is 23.4 Å². The van der Waals surface area contributed by atoms with E-state index in [0.29, 0.717) is 15.8 Å². The molecule has 2 aromatic heterocycles. The lowest BCUT2D eigenvalue weighted by atomic mass is 9.96. The molecule has 3 N–H and O–H groups in total. The predicted molar refractivity (Wildman–Crippen MR) is 143 cm³/mol. The van der Waals surface area contributed by atoms with Crippen molar-refractivity contribution in [3.8, 4) is 11.4 Å². The van der Waals surface area contributed by atoms with Gasteiger partial charge in [0.05, 0.1) is 29.0 Å². The van der Waals surface area contributed by atoms with E-state index >= 15 is 0 Å². The zero-order valence-corrected chi connectivity index (χ0v) is 21.1. The van der Waals surface area contributed by atoms with Crippen LogP contribution in [0.1, 0.15) is 45.1 Å². The Hall–Kier alpha value is -3.88. The molecule has 1 fully saturated rings. The molecule has 0 spiro atoms. The van der Waals surface area contributed by atoms with Gasteiger partial charge in [0.25, 0.3) is 0 Å². The third-order valence-corrected chi connectivity index (χ3v) is 7.01. The van der Waals surface area contributed by atoms with Crippen molar-refractivity contribution in [3.05, 3.63) is 106 Å². The molecule has 4 aromatic rings. The number of rotatable bonds is 5. The Kier molecular flexibility index (Phi) is 6.15. The summed E-state index contributed by atoms with van der Waals surface area (Å²) >= 11 is 12.1. The number of hydrogen-bond acceptors (Lipinski definition) is 4. The van der Waals surface area contributed by atoms with Crippen LogP contribution in [0.25, 0.3) is 5.69 Å². The third kappa shape index (κ3) is 4.08. The summed E-state index contributed by atoms with van der Waals surface area (Å²) in [4.78, 5) is 17.8. The van der Waals surface area contributed by atoms with E-state index in [9.17, 15) is 15.0 Å². The lowest BCUT2D eigenvalue weighted by Gasteiger charge is -2.28. The summed E-state index contributed by atoms with van der Waals surface area (Å²) in [5.41, 5.74) is 5.30. The number of pyridine rings is 1. The first-order chi connectivity index (χ1) is 17.3. The van der Waals surface area contributed by atoms with Gasteiger partial charge in [0.2, 0.25) is 0 Å². The lowest BCUT2D eigenvalue weighted by molar-refractivity contribution is 0.0697. The molecule has 0 radical (unpaired) electrons. The van der Waals surface area contributed by atoms with E-state index in [4.69, 9.17) is 23.8 Å². The van der Waals surface area contributed by atoms with Crippen molar-refractivity contribution in [2.24, 2.45) is 0 Å². The number of phenols is 1. The van der Waals surface area contributed by atoms with Crippen molar-refractivity contribution >= 4 is 40.6 Å². The number of benzene rings is 2. The van der Waals surface area contributed by atoms with Gasteiger partial charge in [0.15, 0.2) is 5.11 Å². The summed E-state index contributed by atoms with van der Waals surface area (Å²) in [6, 6.07) is 18.8. The molecule has 0 amide bonds. The fraction of sp³-hybridized carbons (Fsp3) is 0.148. The number of carbonyl (C=O) groups is 1. The first-order valence-corrected chi connectivity index (χ1v) is 12.1. The Bertz CT molecular complexity index is 1470. The first-order valence-electron chi connectivity index (χ1n) is 11.3. The average molecular weight is 519 g/mol. The molecule has 0 unspecified atom stereocenters. The van der Waals surface area contributed by atoms with Crippen molar-refractivity contribution in [3.63, 3.8) is 0 Å². The van der Waals surface area contributed by atoms with Crippen LogP contribution >= 0.6 is 23.8 Å². The van der Waals surface area contributed by atoms with Gasteiger partial charge in [-0.05, 0) is 92.3 Å². The van der Waals surface area contributed by atoms with Crippen LogP contribution in [0.4, 0.5) is 5.69 Å². The number of aromatic nitrogens is 2. The molecular formula is C27H23ClN4O3S. The number of nitrogens with one attached hydrogen (secondary N) is 1. The Labute approximate surface area is 218 Å². The Morgan fingerprint density at radius 3 is 2.50 bits per heavy atom. The van der Waals surface area contributed by atoms with Crippen molar-refractivity contribution in [2.45, 2.75) is 25.9 Å². The lowest BCUT2D eigenvalue weighted by Crippen LogP contribution is -2.29. The van der Waals surface area contributed by atoms with Gasteiger partial charge in [-0.3, -0.25) is 4.98 Å². The van der Waals surface area contributed by atoms with Crippen LogP contribution in [0, 0.1) is 13.8 Å². The normalized spacial score (nSPS) is 17.3. The minimum atomic E-state index is -0.969. The minimum Gasteiger partial charge on any atom is -0.506 e. The van der Waals surface area contributed by atoms with Crippen LogP contribution in [-0.4, -0.2) is 30.8 Å². The topological polar surface area (TPSA) is 90.6 Å². The van der Waals surface area contributed by atoms with Crippen LogP contribution in [0.5, 0.6) is 5.75 Å². The van der Waals surface area contributed by atoms with E-state index in [1.165, 1.54) is 0 Å². The summed E-state index contributed by atoms with van der Waals surface area (Å²) in [6.07, 6.45) is 1.74. The van der Waals surface area contributed by atoms with Gasteiger partial charge in [-0.1, -0.05) is 17.7 Å². The van der Waals surface area contributed by atoms with Gasteiger partial charge in [-0.25, -0.2) is 4.79 Å². The number of halogens is 1. The number of aryl methyl sites for hydroxylation is 1. The number of phenolic OH excluding ortho intramolecular Hbond substituents is 1. The van der Waals surface area contributed by atoms with Crippen LogP contribution in [-0.2, 0) is 0 Å². The molecule has 1 aliphatic rings. The minimum absolute atomic E-state index is 0.0632. The van der Waals surface area contributed by atoms with Crippen LogP contribution in [0.15, 0.2) is 72.9 Å². The Morgan fingerprint density at radius 2 is 1.83 bits per heavy atom. The van der Waals surface area contributed by atoms with Crippen LogP contribution in [0.3, 0.4) is 0 Å². The van der Waals surface area contributed by atoms with Gasteiger partial charge in [0, 0.05) is 28.3 Å². The highest BCUT2D eigenvalue weighted by molar-refractivity contribution is 7.80. The van der Waals surface area contributed by atoms with Gasteiger partial charge < -0.3 is 25.0 Å². The average Bonchev–Trinajstić information content (AvgIpc) is 3.36. The van der Waals surface area contributed by atoms with E-state index in [2.05, 4.69) is 20.9 Å². The predicted octanol–water partition coefficient (Wildman–Crippen LogP) is 5.72. The van der Waals surface area contributed by atoms with Crippen molar-refractivity contribution in [1.29, 1.82) is 0 Å². The molecule has 2 aromatic carbocycles. The van der Waals surface area contributed by atoms with Crippen molar-refractivity contribution < 1.29 is 15.0 Å². The van der Waals surface area contributed by atoms with E-state index in [1.807, 2.05) is 36.9 Å². The summed E-state index contributed by atoms with van der Waals surface area (Å²) in [5, 5.41) is 24.4. The zero-order chi connectivity index (χ0) is 25.6. The van der Waals surface area contributed by atoms with Gasteiger partial charge >= 0.3 is 5.97 Å². The zero-order valence-electron chi connectivity index (χ0n) is 19.5. The number of thiocarbonyl (C=S) groups is 1.